The molecule has 0 aromatic heterocycles. The van der Waals surface area contributed by atoms with Crippen molar-refractivity contribution >= 4 is 39.3 Å². The van der Waals surface area contributed by atoms with E-state index in [0.29, 0.717) is 6.07 Å². The Balaban J connectivity index is 0. The molecule has 0 radical (unpaired) electrons. The Morgan fingerprint density at radius 2 is 1.65 bits per heavy atom. The third-order valence-corrected chi connectivity index (χ3v) is 3.27. The van der Waals surface area contributed by atoms with Gasteiger partial charge in [0, 0.05) is 0 Å². The molecule has 0 spiro atoms. The Morgan fingerprint density at radius 3 is 2.00 bits per heavy atom. The molecule has 0 aliphatic heterocycles. The van der Waals surface area contributed by atoms with Crippen LogP contribution < -0.4 is 64.2 Å². The third-order valence-electron chi connectivity index (χ3n) is 1.50. The van der Waals surface area contributed by atoms with Crippen molar-refractivity contribution in [2.24, 2.45) is 0 Å². The molecule has 0 atom stereocenters. The minimum Gasteiger partial charge on any atom is -0.744 e. The monoisotopic (exact) mass is 314 g/mol. The molecule has 0 N–H and O–H groups in total. The summed E-state index contributed by atoms with van der Waals surface area (Å²) in [7, 11) is -4.87. The number of carbonyl (C=O) groups is 1. The number of carboxylic acids is 1. The van der Waals surface area contributed by atoms with Gasteiger partial charge in [0.25, 0.3) is 0 Å². The van der Waals surface area contributed by atoms with E-state index in [0.717, 1.165) is 6.07 Å². The van der Waals surface area contributed by atoms with E-state index in [1.165, 1.54) is 0 Å². The van der Waals surface area contributed by atoms with E-state index in [9.17, 15) is 22.9 Å². The van der Waals surface area contributed by atoms with E-state index >= 15 is 0 Å². The normalized spacial score (nSPS) is 10.1. The van der Waals surface area contributed by atoms with Gasteiger partial charge < -0.3 is 14.5 Å². The summed E-state index contributed by atoms with van der Waals surface area (Å²) in [4.78, 5) is 9.56. The molecule has 5 nitrogen and oxygen atoms in total. The van der Waals surface area contributed by atoms with Gasteiger partial charge in [0.1, 0.15) is 10.1 Å². The third kappa shape index (κ3) is 5.36. The van der Waals surface area contributed by atoms with E-state index in [1.54, 1.807) is 0 Å². The number of hydrogen-bond acceptors (Lipinski definition) is 5. The van der Waals surface area contributed by atoms with E-state index < -0.39 is 31.6 Å². The zero-order valence-electron chi connectivity index (χ0n) is 8.86. The van der Waals surface area contributed by atoms with Crippen molar-refractivity contribution in [1.82, 2.24) is 0 Å². The SMILES string of the molecule is O=C([O-])c1cc(Cl)c(Cl)c(S(=O)(=O)[O-])c1.[Na+].[Na+]. The van der Waals surface area contributed by atoms with Gasteiger partial charge in [-0.1, -0.05) is 23.2 Å². The molecule has 0 amide bonds. The number of aromatic carboxylic acids is 1. The first-order chi connectivity index (χ1) is 6.73. The van der Waals surface area contributed by atoms with Crippen LogP contribution in [-0.2, 0) is 10.1 Å². The number of carbonyl (C=O) groups excluding carboxylic acids is 1. The van der Waals surface area contributed by atoms with E-state index in [-0.39, 0.29) is 64.1 Å². The molecule has 0 unspecified atom stereocenters. The standard InChI is InChI=1S/C7H4Cl2O5S.2Na/c8-4-1-3(7(10)11)2-5(6(4)9)15(12,13)14;;/h1-2H,(H,10,11)(H,12,13,14);;/q;2*+1/p-2. The van der Waals surface area contributed by atoms with Gasteiger partial charge in [0.15, 0.2) is 0 Å². The summed E-state index contributed by atoms with van der Waals surface area (Å²) in [5.41, 5.74) is -0.529. The minimum atomic E-state index is -4.87. The van der Waals surface area contributed by atoms with Gasteiger partial charge in [-0.3, -0.25) is 0 Å². The average Bonchev–Trinajstić information content (AvgIpc) is 2.06. The summed E-state index contributed by atoms with van der Waals surface area (Å²) in [5.74, 6) is -1.65. The number of halogens is 2. The summed E-state index contributed by atoms with van der Waals surface area (Å²) in [5, 5.41) is 9.59. The van der Waals surface area contributed by atoms with E-state index in [1.807, 2.05) is 0 Å². The Kier molecular flexibility index (Phi) is 9.27. The molecule has 1 aromatic rings. The van der Waals surface area contributed by atoms with Crippen LogP contribution in [0.3, 0.4) is 0 Å². The van der Waals surface area contributed by atoms with Crippen LogP contribution in [0.1, 0.15) is 10.4 Å². The summed E-state index contributed by atoms with van der Waals surface area (Å²) in [6.45, 7) is 0. The summed E-state index contributed by atoms with van der Waals surface area (Å²) >= 11 is 10.9. The molecule has 1 aromatic carbocycles. The average molecular weight is 315 g/mol. The number of benzene rings is 1. The van der Waals surface area contributed by atoms with Crippen LogP contribution in [0.15, 0.2) is 17.0 Å². The van der Waals surface area contributed by atoms with Crippen LogP contribution in [0.4, 0.5) is 0 Å². The largest absolute Gasteiger partial charge is 1.00 e. The Hall–Kier alpha value is 1.18. The molecule has 0 saturated carbocycles. The van der Waals surface area contributed by atoms with Crippen molar-refractivity contribution in [3.05, 3.63) is 27.7 Å². The molecular weight excluding hydrogens is 313 g/mol. The van der Waals surface area contributed by atoms with Gasteiger partial charge in [0.2, 0.25) is 0 Å². The molecule has 0 saturated heterocycles. The van der Waals surface area contributed by atoms with Gasteiger partial charge in [-0.05, 0) is 17.7 Å². The number of carboxylic acid groups (broad SMARTS) is 1. The second-order valence-electron chi connectivity index (χ2n) is 2.51. The van der Waals surface area contributed by atoms with Crippen LogP contribution in [0.25, 0.3) is 0 Å². The quantitative estimate of drug-likeness (QED) is 0.400. The van der Waals surface area contributed by atoms with Crippen LogP contribution >= 0.6 is 23.2 Å². The van der Waals surface area contributed by atoms with Crippen molar-refractivity contribution in [1.29, 1.82) is 0 Å². The second kappa shape index (κ2) is 7.69. The molecule has 0 aliphatic rings. The van der Waals surface area contributed by atoms with Crippen LogP contribution in [0.2, 0.25) is 10.0 Å². The van der Waals surface area contributed by atoms with Crippen molar-refractivity contribution < 1.29 is 82.0 Å². The maximum Gasteiger partial charge on any atom is 1.00 e. The van der Waals surface area contributed by atoms with Gasteiger partial charge in [-0.25, -0.2) is 8.42 Å². The Labute approximate surface area is 152 Å². The molecule has 0 fully saturated rings. The predicted molar refractivity (Wildman–Crippen MR) is 48.8 cm³/mol. The van der Waals surface area contributed by atoms with E-state index in [2.05, 4.69) is 0 Å². The van der Waals surface area contributed by atoms with Crippen LogP contribution in [-0.4, -0.2) is 18.9 Å². The van der Waals surface area contributed by atoms with Crippen LogP contribution in [0.5, 0.6) is 0 Å². The summed E-state index contributed by atoms with van der Waals surface area (Å²) in [6, 6.07) is 1.50. The van der Waals surface area contributed by atoms with Gasteiger partial charge >= 0.3 is 59.1 Å². The van der Waals surface area contributed by atoms with Gasteiger partial charge in [-0.2, -0.15) is 0 Å². The maximum atomic E-state index is 10.7. The zero-order valence-corrected chi connectivity index (χ0v) is 15.2. The summed E-state index contributed by atoms with van der Waals surface area (Å²) < 4.78 is 32.0. The van der Waals surface area contributed by atoms with Crippen LogP contribution in [0, 0.1) is 0 Å². The fourth-order valence-electron chi connectivity index (χ4n) is 0.864. The zero-order chi connectivity index (χ0) is 11.8. The molecule has 0 bridgehead atoms. The van der Waals surface area contributed by atoms with Gasteiger partial charge in [-0.15, -0.1) is 0 Å². The minimum absolute atomic E-state index is 0. The topological polar surface area (TPSA) is 97.3 Å². The van der Waals surface area contributed by atoms with Crippen molar-refractivity contribution in [2.45, 2.75) is 4.90 Å². The Morgan fingerprint density at radius 1 is 1.18 bits per heavy atom. The van der Waals surface area contributed by atoms with Crippen molar-refractivity contribution in [3.63, 3.8) is 0 Å². The first-order valence-corrected chi connectivity index (χ1v) is 5.56. The second-order valence-corrected chi connectivity index (χ2v) is 4.65. The first-order valence-electron chi connectivity index (χ1n) is 3.40. The predicted octanol–water partition coefficient (Wildman–Crippen LogP) is -5.73. The van der Waals surface area contributed by atoms with E-state index in [4.69, 9.17) is 23.2 Å². The molecular formula is C7H2Cl2Na2O5S. The maximum absolute atomic E-state index is 10.7. The molecule has 82 valence electrons. The molecule has 0 heterocycles. The first kappa shape index (κ1) is 20.5. The van der Waals surface area contributed by atoms with Crippen molar-refractivity contribution in [2.75, 3.05) is 0 Å². The molecule has 1 rings (SSSR count). The fraction of sp³-hybridized carbons (Fsp3) is 0. The molecule has 0 aliphatic carbocycles. The fourth-order valence-corrected chi connectivity index (χ4v) is 2.13. The number of hydrogen-bond donors (Lipinski definition) is 0. The number of rotatable bonds is 2. The molecule has 17 heavy (non-hydrogen) atoms. The smallest absolute Gasteiger partial charge is 0.744 e. The Bertz CT molecular complexity index is 531. The van der Waals surface area contributed by atoms with Crippen molar-refractivity contribution in [3.8, 4) is 0 Å². The summed E-state index contributed by atoms with van der Waals surface area (Å²) in [6.07, 6.45) is 0. The van der Waals surface area contributed by atoms with Gasteiger partial charge in [0.05, 0.1) is 20.9 Å². The molecule has 10 heteroatoms.